The molecule has 0 N–H and O–H groups in total. The maximum Gasteiger partial charge on any atom is 0.129 e. The zero-order valence-electron chi connectivity index (χ0n) is 11.7. The van der Waals surface area contributed by atoms with Crippen LogP contribution in [0.3, 0.4) is 0 Å². The Hall–Kier alpha value is -1.61. The fraction of sp³-hybridized carbons (Fsp3) is 0.312. The number of halogens is 2. The summed E-state index contributed by atoms with van der Waals surface area (Å²) in [5.41, 5.74) is 3.33. The van der Waals surface area contributed by atoms with Crippen molar-refractivity contribution in [2.24, 2.45) is 0 Å². The third-order valence-corrected chi connectivity index (χ3v) is 3.52. The Morgan fingerprint density at radius 1 is 1.20 bits per heavy atom. The molecule has 2 rings (SSSR count). The van der Waals surface area contributed by atoms with Crippen molar-refractivity contribution < 1.29 is 4.39 Å². The van der Waals surface area contributed by atoms with Crippen LogP contribution in [0, 0.1) is 12.7 Å². The summed E-state index contributed by atoms with van der Waals surface area (Å²) in [6, 6.07) is 11.0. The topological polar surface area (TPSA) is 16.1 Å². The quantitative estimate of drug-likeness (QED) is 0.764. The van der Waals surface area contributed by atoms with Crippen LogP contribution < -0.4 is 4.90 Å². The minimum Gasteiger partial charge on any atom is -0.366 e. The van der Waals surface area contributed by atoms with E-state index in [1.165, 1.54) is 6.07 Å². The molecule has 0 unspecified atom stereocenters. The summed E-state index contributed by atoms with van der Waals surface area (Å²) in [7, 11) is 0. The molecule has 0 fully saturated rings. The van der Waals surface area contributed by atoms with Gasteiger partial charge >= 0.3 is 0 Å². The van der Waals surface area contributed by atoms with Crippen LogP contribution in [0.25, 0.3) is 0 Å². The SMILES string of the molecule is CCN(Cc1cccc(C)n1)c1cccc(F)c1CCl. The second-order valence-corrected chi connectivity index (χ2v) is 4.92. The number of aromatic nitrogens is 1. The zero-order chi connectivity index (χ0) is 14.5. The van der Waals surface area contributed by atoms with Gasteiger partial charge in [0.2, 0.25) is 0 Å². The second-order valence-electron chi connectivity index (χ2n) is 4.66. The van der Waals surface area contributed by atoms with Crippen LogP contribution in [0.2, 0.25) is 0 Å². The number of alkyl halides is 1. The van der Waals surface area contributed by atoms with Gasteiger partial charge in [-0.1, -0.05) is 12.1 Å². The van der Waals surface area contributed by atoms with Gasteiger partial charge in [0.1, 0.15) is 5.82 Å². The van der Waals surface area contributed by atoms with Gasteiger partial charge in [-0.25, -0.2) is 4.39 Å². The number of pyridine rings is 1. The molecule has 0 aliphatic rings. The van der Waals surface area contributed by atoms with Crippen LogP contribution in [-0.4, -0.2) is 11.5 Å². The van der Waals surface area contributed by atoms with E-state index in [-0.39, 0.29) is 11.7 Å². The van der Waals surface area contributed by atoms with E-state index in [1.54, 1.807) is 6.07 Å². The second kappa shape index (κ2) is 6.71. The summed E-state index contributed by atoms with van der Waals surface area (Å²) in [5.74, 6) is -0.0899. The first-order valence-electron chi connectivity index (χ1n) is 6.66. The van der Waals surface area contributed by atoms with Crippen LogP contribution in [0.15, 0.2) is 36.4 Å². The van der Waals surface area contributed by atoms with Crippen molar-refractivity contribution in [1.82, 2.24) is 4.98 Å². The lowest BCUT2D eigenvalue weighted by Gasteiger charge is -2.25. The summed E-state index contributed by atoms with van der Waals surface area (Å²) in [5, 5.41) is 0. The fourth-order valence-corrected chi connectivity index (χ4v) is 2.49. The molecular weight excluding hydrogens is 275 g/mol. The molecule has 0 atom stereocenters. The van der Waals surface area contributed by atoms with E-state index >= 15 is 0 Å². The lowest BCUT2D eigenvalue weighted by molar-refractivity contribution is 0.615. The smallest absolute Gasteiger partial charge is 0.129 e. The highest BCUT2D eigenvalue weighted by molar-refractivity contribution is 6.17. The Morgan fingerprint density at radius 3 is 2.60 bits per heavy atom. The largest absolute Gasteiger partial charge is 0.366 e. The first-order chi connectivity index (χ1) is 9.65. The highest BCUT2D eigenvalue weighted by atomic mass is 35.5. The summed E-state index contributed by atoms with van der Waals surface area (Å²) in [6.45, 7) is 5.42. The standard InChI is InChI=1S/C16H18ClFN2/c1-3-20(11-13-7-4-6-12(2)19-13)16-9-5-8-15(18)14(16)10-17/h4-9H,3,10-11H2,1-2H3. The molecule has 0 radical (unpaired) electrons. The highest BCUT2D eigenvalue weighted by Gasteiger charge is 2.13. The molecule has 1 heterocycles. The van der Waals surface area contributed by atoms with Crippen molar-refractivity contribution in [3.8, 4) is 0 Å². The Kier molecular flexibility index (Phi) is 4.96. The van der Waals surface area contributed by atoms with Crippen LogP contribution in [-0.2, 0) is 12.4 Å². The van der Waals surface area contributed by atoms with Gasteiger partial charge < -0.3 is 4.90 Å². The van der Waals surface area contributed by atoms with Crippen molar-refractivity contribution in [1.29, 1.82) is 0 Å². The molecule has 0 bridgehead atoms. The lowest BCUT2D eigenvalue weighted by Crippen LogP contribution is -2.24. The molecular formula is C16H18ClFN2. The molecule has 0 amide bonds. The van der Waals surface area contributed by atoms with Crippen molar-refractivity contribution in [3.05, 3.63) is 59.2 Å². The summed E-state index contributed by atoms with van der Waals surface area (Å²) in [6.07, 6.45) is 0. The molecule has 1 aromatic heterocycles. The first kappa shape index (κ1) is 14.8. The predicted molar refractivity (Wildman–Crippen MR) is 81.7 cm³/mol. The Morgan fingerprint density at radius 2 is 1.95 bits per heavy atom. The van der Waals surface area contributed by atoms with Gasteiger partial charge in [0.05, 0.1) is 18.1 Å². The molecule has 0 saturated heterocycles. The van der Waals surface area contributed by atoms with Crippen LogP contribution in [0.5, 0.6) is 0 Å². The maximum atomic E-state index is 13.8. The van der Waals surface area contributed by atoms with Gasteiger partial charge in [-0.3, -0.25) is 4.98 Å². The monoisotopic (exact) mass is 292 g/mol. The molecule has 0 saturated carbocycles. The third kappa shape index (κ3) is 3.28. The van der Waals surface area contributed by atoms with Gasteiger partial charge in [0.25, 0.3) is 0 Å². The summed E-state index contributed by atoms with van der Waals surface area (Å²) < 4.78 is 13.8. The van der Waals surface area contributed by atoms with Gasteiger partial charge in [-0.15, -0.1) is 11.6 Å². The fourth-order valence-electron chi connectivity index (χ4n) is 2.23. The van der Waals surface area contributed by atoms with E-state index in [1.807, 2.05) is 38.1 Å². The Balaban J connectivity index is 2.31. The van der Waals surface area contributed by atoms with E-state index in [0.29, 0.717) is 12.1 Å². The van der Waals surface area contributed by atoms with Crippen molar-refractivity contribution in [2.45, 2.75) is 26.3 Å². The molecule has 106 valence electrons. The van der Waals surface area contributed by atoms with Crippen LogP contribution >= 0.6 is 11.6 Å². The van der Waals surface area contributed by atoms with E-state index in [9.17, 15) is 4.39 Å². The van der Waals surface area contributed by atoms with Crippen molar-refractivity contribution in [3.63, 3.8) is 0 Å². The molecule has 2 aromatic rings. The Labute approximate surface area is 124 Å². The molecule has 0 aliphatic carbocycles. The van der Waals surface area contributed by atoms with Crippen molar-refractivity contribution in [2.75, 3.05) is 11.4 Å². The average Bonchev–Trinajstić information content (AvgIpc) is 2.44. The predicted octanol–water partition coefficient (Wildman–Crippen LogP) is 4.29. The Bertz CT molecular complexity index is 586. The average molecular weight is 293 g/mol. The maximum absolute atomic E-state index is 13.8. The lowest BCUT2D eigenvalue weighted by atomic mass is 10.1. The number of hydrogen-bond donors (Lipinski definition) is 0. The van der Waals surface area contributed by atoms with Crippen molar-refractivity contribution >= 4 is 17.3 Å². The minimum absolute atomic E-state index is 0.166. The van der Waals surface area contributed by atoms with E-state index in [0.717, 1.165) is 23.6 Å². The number of anilines is 1. The summed E-state index contributed by atoms with van der Waals surface area (Å²) in [4.78, 5) is 6.58. The van der Waals surface area contributed by atoms with Gasteiger partial charge in [0.15, 0.2) is 0 Å². The molecule has 2 nitrogen and oxygen atoms in total. The number of aryl methyl sites for hydroxylation is 1. The highest BCUT2D eigenvalue weighted by Crippen LogP contribution is 2.26. The zero-order valence-corrected chi connectivity index (χ0v) is 12.5. The number of benzene rings is 1. The number of nitrogens with zero attached hydrogens (tertiary/aromatic N) is 2. The van der Waals surface area contributed by atoms with E-state index < -0.39 is 0 Å². The summed E-state index contributed by atoms with van der Waals surface area (Å²) >= 11 is 5.88. The van der Waals surface area contributed by atoms with E-state index in [4.69, 9.17) is 11.6 Å². The number of hydrogen-bond acceptors (Lipinski definition) is 2. The van der Waals surface area contributed by atoms with Gasteiger partial charge in [0, 0.05) is 23.5 Å². The van der Waals surface area contributed by atoms with E-state index in [2.05, 4.69) is 9.88 Å². The minimum atomic E-state index is -0.256. The normalized spacial score (nSPS) is 10.6. The molecule has 0 spiro atoms. The number of rotatable bonds is 5. The first-order valence-corrected chi connectivity index (χ1v) is 7.20. The molecule has 1 aromatic carbocycles. The van der Waals surface area contributed by atoms with Gasteiger partial charge in [-0.05, 0) is 38.1 Å². The molecule has 0 aliphatic heterocycles. The van der Waals surface area contributed by atoms with Crippen LogP contribution in [0.1, 0.15) is 23.9 Å². The van der Waals surface area contributed by atoms with Gasteiger partial charge in [-0.2, -0.15) is 0 Å². The van der Waals surface area contributed by atoms with Crippen LogP contribution in [0.4, 0.5) is 10.1 Å². The molecule has 20 heavy (non-hydrogen) atoms. The third-order valence-electron chi connectivity index (χ3n) is 3.25. The molecule has 4 heteroatoms.